The van der Waals surface area contributed by atoms with Gasteiger partial charge >= 0.3 is 88.4 Å². The number of aryl methyl sites for hydroxylation is 1. The summed E-state index contributed by atoms with van der Waals surface area (Å²) in [5, 5.41) is 10.7. The summed E-state index contributed by atoms with van der Waals surface area (Å²) < 4.78 is 53.5. The summed E-state index contributed by atoms with van der Waals surface area (Å²) in [5.41, 5.74) is 1.31. The smallest absolute Gasteiger partial charge is 0.282 e. The second-order valence-electron chi connectivity index (χ2n) is 5.12. The summed E-state index contributed by atoms with van der Waals surface area (Å²) in [5.74, 6) is -0.237. The number of benzene rings is 2. The zero-order valence-electron chi connectivity index (χ0n) is 13.9. The quantitative estimate of drug-likeness (QED) is 0.234. The second kappa shape index (κ2) is 9.13. The van der Waals surface area contributed by atoms with Crippen LogP contribution in [0.5, 0.6) is 0 Å². The van der Waals surface area contributed by atoms with Crippen LogP contribution < -0.4 is 9.67 Å². The molecule has 0 saturated carbocycles. The molecule has 11 heteroatoms. The molecule has 0 radical (unpaired) electrons. The Balaban J connectivity index is 0.000000273. The van der Waals surface area contributed by atoms with Gasteiger partial charge in [-0.2, -0.15) is 8.42 Å². The van der Waals surface area contributed by atoms with E-state index < -0.39 is 24.3 Å². The van der Waals surface area contributed by atoms with E-state index in [-0.39, 0.29) is 15.2 Å². The largest absolute Gasteiger partial charge is 0.294 e. The van der Waals surface area contributed by atoms with E-state index in [4.69, 9.17) is 13.9 Å². The predicted octanol–water partition coefficient (Wildman–Crippen LogP) is 0.945. The molecule has 0 aliphatic carbocycles. The van der Waals surface area contributed by atoms with Crippen molar-refractivity contribution in [2.45, 2.75) is 18.7 Å². The van der Waals surface area contributed by atoms with Crippen molar-refractivity contribution < 1.29 is 34.7 Å². The Kier molecular flexibility index (Phi) is 7.76. The fourth-order valence-electron chi connectivity index (χ4n) is 1.76. The van der Waals surface area contributed by atoms with Crippen LogP contribution in [0.25, 0.3) is 0 Å². The molecule has 9 nitrogen and oxygen atoms in total. The first kappa shape index (κ1) is 22.1. The number of nitrogens with one attached hydrogen (secondary N) is 1. The van der Waals surface area contributed by atoms with Crippen molar-refractivity contribution in [1.82, 2.24) is 0 Å². The van der Waals surface area contributed by atoms with Gasteiger partial charge in [-0.3, -0.25) is 4.55 Å². The van der Waals surface area contributed by atoms with Crippen LogP contribution in [0.15, 0.2) is 53.4 Å². The topological polar surface area (TPSA) is 150 Å². The number of amides is 1. The minimum Gasteiger partial charge on any atom is -0.282 e. The molecular weight excluding hydrogens is 429 g/mol. The molecular formula is C15H18AsNO8S. The predicted molar refractivity (Wildman–Crippen MR) is 93.7 cm³/mol. The standard InChI is InChI=1S/C8H10AsNO5.C7H8O3S/c1-6(11)10-8-4-2-7(3-5-8)9(12,13)15-14;1-6-3-2-4-7(5-6)11(8,9)10/h2-5,14H,1H3,(H,10,11)(H,12,13);2-5H,1H3,(H,8,9,10). The number of carbonyl (C=O) groups excluding carboxylic acids is 1. The molecule has 26 heavy (non-hydrogen) atoms. The zero-order valence-corrected chi connectivity index (χ0v) is 16.6. The molecule has 1 atom stereocenters. The van der Waals surface area contributed by atoms with Crippen LogP contribution in [-0.2, 0) is 22.5 Å². The Morgan fingerprint density at radius 3 is 2.12 bits per heavy atom. The van der Waals surface area contributed by atoms with Gasteiger partial charge in [0.25, 0.3) is 10.1 Å². The molecule has 2 aromatic rings. The normalized spacial score (nSPS) is 13.1. The number of rotatable bonds is 4. The van der Waals surface area contributed by atoms with Gasteiger partial charge in [-0.05, 0) is 24.6 Å². The molecule has 0 aliphatic rings. The maximum Gasteiger partial charge on any atom is 0.294 e. The van der Waals surface area contributed by atoms with Crippen LogP contribution in [0.4, 0.5) is 5.69 Å². The second-order valence-corrected chi connectivity index (χ2v) is 10.2. The van der Waals surface area contributed by atoms with Crippen molar-refractivity contribution >= 4 is 40.2 Å². The average molecular weight is 447 g/mol. The van der Waals surface area contributed by atoms with Gasteiger partial charge < -0.3 is 0 Å². The maximum absolute atomic E-state index is 11.2. The summed E-state index contributed by atoms with van der Waals surface area (Å²) >= 11 is -4.76. The van der Waals surface area contributed by atoms with Crippen molar-refractivity contribution in [3.63, 3.8) is 0 Å². The van der Waals surface area contributed by atoms with Crippen LogP contribution >= 0.6 is 0 Å². The Labute approximate surface area is 153 Å². The van der Waals surface area contributed by atoms with Crippen LogP contribution in [-0.4, -0.2) is 42.4 Å². The molecule has 142 valence electrons. The molecule has 0 aliphatic heterocycles. The van der Waals surface area contributed by atoms with Crippen LogP contribution in [0.1, 0.15) is 12.5 Å². The number of hydrogen-bond donors (Lipinski definition) is 4. The van der Waals surface area contributed by atoms with Crippen molar-refractivity contribution in [2.75, 3.05) is 5.32 Å². The van der Waals surface area contributed by atoms with Gasteiger partial charge in [0.1, 0.15) is 0 Å². The zero-order chi connectivity index (χ0) is 20.0. The molecule has 0 saturated heterocycles. The molecule has 2 rings (SSSR count). The van der Waals surface area contributed by atoms with Crippen molar-refractivity contribution in [2.24, 2.45) is 0 Å². The third kappa shape index (κ3) is 7.12. The Morgan fingerprint density at radius 2 is 1.73 bits per heavy atom. The number of anilines is 1. The minimum atomic E-state index is -4.76. The van der Waals surface area contributed by atoms with E-state index >= 15 is 0 Å². The number of carbonyl (C=O) groups is 1. The summed E-state index contributed by atoms with van der Waals surface area (Å²) in [6, 6.07) is 11.6. The van der Waals surface area contributed by atoms with Crippen molar-refractivity contribution in [3.05, 3.63) is 54.1 Å². The Hall–Kier alpha value is -1.94. The van der Waals surface area contributed by atoms with Gasteiger partial charge in [-0.25, -0.2) is 0 Å². The van der Waals surface area contributed by atoms with Gasteiger partial charge in [0.05, 0.1) is 4.90 Å². The average Bonchev–Trinajstić information content (AvgIpc) is 2.54. The molecule has 1 unspecified atom stereocenters. The summed E-state index contributed by atoms with van der Waals surface area (Å²) in [6.45, 7) is 3.11. The third-order valence-electron chi connectivity index (χ3n) is 2.91. The molecule has 4 N–H and O–H groups in total. The number of hydrogen-bond acceptors (Lipinski definition) is 6. The van der Waals surface area contributed by atoms with Gasteiger partial charge in [-0.1, -0.05) is 12.1 Å². The summed E-state index contributed by atoms with van der Waals surface area (Å²) in [6.07, 6.45) is 0. The van der Waals surface area contributed by atoms with E-state index in [1.165, 1.54) is 43.3 Å². The monoisotopic (exact) mass is 447 g/mol. The van der Waals surface area contributed by atoms with Gasteiger partial charge in [-0.15, -0.1) is 0 Å². The Morgan fingerprint density at radius 1 is 1.15 bits per heavy atom. The summed E-state index contributed by atoms with van der Waals surface area (Å²) in [4.78, 5) is 10.6. The fraction of sp³-hybridized carbons (Fsp3) is 0.133. The van der Waals surface area contributed by atoms with Gasteiger partial charge in [0, 0.05) is 0 Å². The molecule has 2 aromatic carbocycles. The van der Waals surface area contributed by atoms with Crippen LogP contribution in [0, 0.1) is 6.92 Å². The minimum absolute atomic E-state index is 0.00438. The van der Waals surface area contributed by atoms with E-state index in [0.29, 0.717) is 5.69 Å². The fourth-order valence-corrected chi connectivity index (χ4v) is 3.65. The summed E-state index contributed by atoms with van der Waals surface area (Å²) in [7, 11) is -4.03. The Bertz CT molecular complexity index is 911. The first-order chi connectivity index (χ1) is 12.0. The SMILES string of the molecule is CC(=O)Nc1ccc([As](=O)(O)OO)cc1.Cc1cccc(S(=O)(=O)O)c1. The van der Waals surface area contributed by atoms with E-state index in [1.54, 1.807) is 19.1 Å². The van der Waals surface area contributed by atoms with Crippen LogP contribution in [0.3, 0.4) is 0 Å². The first-order valence-corrected chi connectivity index (χ1v) is 11.8. The molecule has 0 fully saturated rings. The van der Waals surface area contributed by atoms with Gasteiger partial charge in [0.2, 0.25) is 0 Å². The molecule has 0 bridgehead atoms. The van der Waals surface area contributed by atoms with Crippen molar-refractivity contribution in [1.29, 1.82) is 0 Å². The van der Waals surface area contributed by atoms with Crippen molar-refractivity contribution in [3.8, 4) is 0 Å². The molecule has 1 amide bonds. The molecule has 0 heterocycles. The maximum atomic E-state index is 11.2. The van der Waals surface area contributed by atoms with E-state index in [1.807, 2.05) is 0 Å². The molecule has 0 spiro atoms. The van der Waals surface area contributed by atoms with E-state index in [2.05, 4.69) is 9.19 Å². The van der Waals surface area contributed by atoms with E-state index in [0.717, 1.165) is 5.56 Å². The third-order valence-corrected chi connectivity index (χ3v) is 6.22. The molecule has 0 aromatic heterocycles. The van der Waals surface area contributed by atoms with E-state index in [9.17, 15) is 17.0 Å². The van der Waals surface area contributed by atoms with Crippen LogP contribution in [0.2, 0.25) is 0 Å². The van der Waals surface area contributed by atoms with Gasteiger partial charge in [0.15, 0.2) is 0 Å². The first-order valence-electron chi connectivity index (χ1n) is 7.04.